The average molecular weight is 680 g/mol. The largest absolute Gasteiger partial charge is 0.397 e. The van der Waals surface area contributed by atoms with E-state index in [1.807, 2.05) is 0 Å². The first-order valence-electron chi connectivity index (χ1n) is 11.7. The van der Waals surface area contributed by atoms with Gasteiger partial charge in [0.2, 0.25) is 0 Å². The molecule has 3 aromatic rings. The van der Waals surface area contributed by atoms with Crippen LogP contribution in [0.3, 0.4) is 0 Å². The van der Waals surface area contributed by atoms with Crippen LogP contribution in [0.4, 0.5) is 0 Å². The minimum Gasteiger partial charge on any atom is -0.264 e. The predicted molar refractivity (Wildman–Crippen MR) is 144 cm³/mol. The molecule has 0 amide bonds. The van der Waals surface area contributed by atoms with E-state index in [9.17, 15) is 8.42 Å². The summed E-state index contributed by atoms with van der Waals surface area (Å²) in [6.07, 6.45) is 1.29. The standard InChI is InChI=1S/C8H19N.3C6H5.CH4O4S.Pb/c1-5-8-9(4,6-2)7-3;3*1-2-4-6-5-3-1;1-5-6(2,3)4;/h1,5-8H2,2-4H3;3*1-5H;1H3,(H,2,3,4);/q+1;;;;;. The quantitative estimate of drug-likeness (QED) is 0.203. The normalized spacial score (nSPS) is 12.0. The Labute approximate surface area is 210 Å². The molecule has 0 aliphatic rings. The second kappa shape index (κ2) is 13.5. The zero-order valence-electron chi connectivity index (χ0n) is 20.7. The van der Waals surface area contributed by atoms with Gasteiger partial charge in [-0.3, -0.25) is 8.74 Å². The first-order valence-corrected chi connectivity index (χ1v) is 21.7. The minimum atomic E-state index is -4.16. The van der Waals surface area contributed by atoms with Crippen molar-refractivity contribution in [3.63, 3.8) is 0 Å². The van der Waals surface area contributed by atoms with E-state index < -0.39 is 31.6 Å². The summed E-state index contributed by atoms with van der Waals surface area (Å²) < 4.78 is 37.0. The summed E-state index contributed by atoms with van der Waals surface area (Å²) in [5, 5.41) is 0. The molecular formula is C27H38NO4PbS+. The molecule has 7 heteroatoms. The molecule has 0 fully saturated rings. The molecule has 5 nitrogen and oxygen atoms in total. The van der Waals surface area contributed by atoms with Crippen LogP contribution in [0.25, 0.3) is 0 Å². The Hall–Kier alpha value is -1.59. The van der Waals surface area contributed by atoms with Crippen molar-refractivity contribution in [1.29, 1.82) is 0 Å². The van der Waals surface area contributed by atoms with Crippen LogP contribution in [-0.4, -0.2) is 72.4 Å². The van der Waals surface area contributed by atoms with Gasteiger partial charge in [-0.2, -0.15) is 8.42 Å². The Kier molecular flexibility index (Phi) is 11.4. The number of nitrogens with zero attached hydrogens (tertiary/aromatic N) is 1. The summed E-state index contributed by atoms with van der Waals surface area (Å²) in [5.74, 6) is 0. The van der Waals surface area contributed by atoms with Crippen molar-refractivity contribution in [2.45, 2.75) is 24.2 Å². The Morgan fingerprint density at radius 1 is 0.765 bits per heavy atom. The molecule has 184 valence electrons. The van der Waals surface area contributed by atoms with Gasteiger partial charge in [0.25, 0.3) is 0 Å². The zero-order chi connectivity index (χ0) is 25.1. The molecule has 1 N–H and O–H groups in total. The first-order chi connectivity index (χ1) is 16.2. The fourth-order valence-electron chi connectivity index (χ4n) is 4.37. The molecule has 0 aromatic heterocycles. The van der Waals surface area contributed by atoms with Gasteiger partial charge in [-0.05, 0) is 0 Å². The number of quaternary nitrogens is 1. The van der Waals surface area contributed by atoms with Gasteiger partial charge in [0, 0.05) is 0 Å². The number of benzene rings is 3. The molecule has 0 atom stereocenters. The summed E-state index contributed by atoms with van der Waals surface area (Å²) >= 11 is -3.23. The van der Waals surface area contributed by atoms with E-state index in [1.165, 1.54) is 34.5 Å². The Morgan fingerprint density at radius 3 is 1.35 bits per heavy atom. The van der Waals surface area contributed by atoms with Gasteiger partial charge in [0.1, 0.15) is 0 Å². The van der Waals surface area contributed by atoms with Crippen molar-refractivity contribution < 1.29 is 21.6 Å². The van der Waals surface area contributed by atoms with Gasteiger partial charge < -0.3 is 0 Å². The van der Waals surface area contributed by atoms with E-state index >= 15 is 0 Å². The van der Waals surface area contributed by atoms with Gasteiger partial charge in [0.05, 0.1) is 7.11 Å². The van der Waals surface area contributed by atoms with E-state index in [2.05, 4.69) is 116 Å². The summed E-state index contributed by atoms with van der Waals surface area (Å²) in [6.45, 7) is 8.34. The molecule has 0 radical (unpaired) electrons. The molecule has 0 aliphatic heterocycles. The third kappa shape index (κ3) is 7.98. The molecule has 0 heterocycles. The maximum Gasteiger partial charge on any atom is 0.397 e. The van der Waals surface area contributed by atoms with Crippen LogP contribution >= 0.6 is 0 Å². The van der Waals surface area contributed by atoms with Crippen molar-refractivity contribution in [2.24, 2.45) is 0 Å². The van der Waals surface area contributed by atoms with Crippen LogP contribution < -0.4 is 9.37 Å². The van der Waals surface area contributed by atoms with Crippen LogP contribution in [0.5, 0.6) is 0 Å². The maximum atomic E-state index is 9.33. The minimum absolute atomic E-state index is 0.870. The van der Waals surface area contributed by atoms with Crippen molar-refractivity contribution in [3.05, 3.63) is 91.0 Å². The van der Waals surface area contributed by atoms with Gasteiger partial charge >= 0.3 is 187 Å². The fourth-order valence-corrected chi connectivity index (χ4v) is 23.2. The maximum absolute atomic E-state index is 9.33. The van der Waals surface area contributed by atoms with Gasteiger partial charge in [-0.15, -0.1) is 0 Å². The van der Waals surface area contributed by atoms with E-state index in [4.69, 9.17) is 4.55 Å². The molecule has 3 rings (SSSR count). The van der Waals surface area contributed by atoms with Crippen LogP contribution in [0.1, 0.15) is 20.3 Å². The Morgan fingerprint density at radius 2 is 1.09 bits per heavy atom. The van der Waals surface area contributed by atoms with Crippen LogP contribution in [0.2, 0.25) is 3.98 Å². The first kappa shape index (κ1) is 28.6. The summed E-state index contributed by atoms with van der Waals surface area (Å²) in [6, 6.07) is 34.2. The second-order valence-electron chi connectivity index (χ2n) is 8.68. The fraction of sp³-hybridized carbons (Fsp3) is 0.333. The van der Waals surface area contributed by atoms with E-state index in [-0.39, 0.29) is 0 Å². The smallest absolute Gasteiger partial charge is 0.264 e. The Balaban J connectivity index is 0.000000604. The summed E-state index contributed by atoms with van der Waals surface area (Å²) in [4.78, 5) is 0. The summed E-state index contributed by atoms with van der Waals surface area (Å²) in [7, 11) is -0.883. The van der Waals surface area contributed by atoms with Gasteiger partial charge in [0.15, 0.2) is 0 Å². The topological polar surface area (TPSA) is 63.6 Å². The van der Waals surface area contributed by atoms with Crippen molar-refractivity contribution >= 4 is 40.9 Å². The Bertz CT molecular complexity index is 977. The van der Waals surface area contributed by atoms with E-state index in [1.54, 1.807) is 9.37 Å². The molecule has 0 saturated heterocycles. The molecule has 0 unspecified atom stereocenters. The number of hydrogen-bond acceptors (Lipinski definition) is 3. The van der Waals surface area contributed by atoms with Gasteiger partial charge in [-0.25, -0.2) is 0 Å². The van der Waals surface area contributed by atoms with Crippen molar-refractivity contribution in [2.75, 3.05) is 33.8 Å². The third-order valence-electron chi connectivity index (χ3n) is 6.79. The van der Waals surface area contributed by atoms with Crippen molar-refractivity contribution in [3.8, 4) is 0 Å². The molecule has 34 heavy (non-hydrogen) atoms. The monoisotopic (exact) mass is 680 g/mol. The molecule has 0 saturated carbocycles. The molecule has 3 aromatic carbocycles. The number of hydrogen-bond donors (Lipinski definition) is 1. The second-order valence-corrected chi connectivity index (χ2v) is 25.6. The van der Waals surface area contributed by atoms with Crippen LogP contribution in [-0.2, 0) is 14.6 Å². The molecule has 0 bridgehead atoms. The predicted octanol–water partition coefficient (Wildman–Crippen LogP) is 3.47. The number of rotatable bonds is 10. The third-order valence-corrected chi connectivity index (χ3v) is 26.9. The van der Waals surface area contributed by atoms with Gasteiger partial charge in [-0.1, -0.05) is 0 Å². The molecule has 0 spiro atoms. The van der Waals surface area contributed by atoms with Crippen molar-refractivity contribution in [1.82, 2.24) is 0 Å². The van der Waals surface area contributed by atoms with E-state index in [0.717, 1.165) is 7.11 Å². The van der Waals surface area contributed by atoms with Crippen LogP contribution in [0, 0.1) is 0 Å². The summed E-state index contributed by atoms with van der Waals surface area (Å²) in [5.41, 5.74) is 0. The SMILES string of the molecule is CC[N+](C)(CC)CC[CH2][Pb]([c]1ccccc1)([c]1ccccc1)[c]1ccccc1.COS(=O)(=O)O. The molecular weight excluding hydrogens is 642 g/mol. The average Bonchev–Trinajstić information content (AvgIpc) is 2.88. The van der Waals surface area contributed by atoms with E-state index in [0.29, 0.717) is 0 Å². The zero-order valence-corrected chi connectivity index (χ0v) is 25.4. The van der Waals surface area contributed by atoms with Crippen LogP contribution in [0.15, 0.2) is 91.0 Å². The molecule has 0 aliphatic carbocycles.